The quantitative estimate of drug-likeness (QED) is 0.603. The van der Waals surface area contributed by atoms with Gasteiger partial charge in [0.05, 0.1) is 0 Å². The molecule has 13 heavy (non-hydrogen) atoms. The van der Waals surface area contributed by atoms with Crippen LogP contribution >= 0.6 is 0 Å². The predicted molar refractivity (Wildman–Crippen MR) is 58.3 cm³/mol. The van der Waals surface area contributed by atoms with Crippen molar-refractivity contribution in [3.05, 3.63) is 24.2 Å². The van der Waals surface area contributed by atoms with Gasteiger partial charge in [0, 0.05) is 54.1 Å². The zero-order valence-electron chi connectivity index (χ0n) is 9.63. The lowest BCUT2D eigenvalue weighted by atomic mass is 10.4. The van der Waals surface area contributed by atoms with Crippen molar-refractivity contribution in [1.29, 1.82) is 0 Å². The molecule has 0 aromatic rings. The number of hydrogen-bond donors (Lipinski definition) is 0. The Kier molecular flexibility index (Phi) is 4.38. The van der Waals surface area contributed by atoms with E-state index in [4.69, 9.17) is 0 Å². The molecule has 0 aromatic heterocycles. The summed E-state index contributed by atoms with van der Waals surface area (Å²) in [6.45, 7) is 3.96. The fourth-order valence-electron chi connectivity index (χ4n) is 0.936. The maximum absolute atomic E-state index is 3.96. The molecule has 0 radical (unpaired) electrons. The monoisotopic (exact) mass is 183 g/mol. The summed E-state index contributed by atoms with van der Waals surface area (Å²) in [7, 11) is 12.1. The van der Waals surface area contributed by atoms with Gasteiger partial charge in [0.1, 0.15) is 5.82 Å². The summed E-state index contributed by atoms with van der Waals surface area (Å²) in [6.07, 6.45) is 2.06. The topological polar surface area (TPSA) is 9.72 Å². The van der Waals surface area contributed by atoms with Crippen LogP contribution in [0.5, 0.6) is 0 Å². The first-order valence-corrected chi connectivity index (χ1v) is 4.29. The van der Waals surface area contributed by atoms with Gasteiger partial charge in [-0.1, -0.05) is 6.58 Å². The highest BCUT2D eigenvalue weighted by molar-refractivity contribution is 5.17. The molecule has 0 amide bonds. The predicted octanol–water partition coefficient (Wildman–Crippen LogP) is 1.03. The van der Waals surface area contributed by atoms with Gasteiger partial charge >= 0.3 is 0 Å². The first kappa shape index (κ1) is 11.9. The van der Waals surface area contributed by atoms with Crippen LogP contribution in [0.2, 0.25) is 0 Å². The van der Waals surface area contributed by atoms with Crippen molar-refractivity contribution in [3.63, 3.8) is 0 Å². The lowest BCUT2D eigenvalue weighted by Gasteiger charge is -2.26. The van der Waals surface area contributed by atoms with Crippen LogP contribution in [0, 0.1) is 0 Å². The normalized spacial score (nSPS) is 9.08. The van der Waals surface area contributed by atoms with Crippen molar-refractivity contribution < 1.29 is 0 Å². The molecule has 0 saturated carbocycles. The van der Waals surface area contributed by atoms with Crippen LogP contribution < -0.4 is 0 Å². The molecular formula is C10H21N3. The molecule has 0 atom stereocenters. The lowest BCUT2D eigenvalue weighted by Crippen LogP contribution is -2.25. The van der Waals surface area contributed by atoms with E-state index in [2.05, 4.69) is 22.5 Å². The van der Waals surface area contributed by atoms with Crippen molar-refractivity contribution in [2.75, 3.05) is 42.3 Å². The number of hydrogen-bond acceptors (Lipinski definition) is 3. The van der Waals surface area contributed by atoms with E-state index in [-0.39, 0.29) is 0 Å². The molecule has 0 rings (SSSR count). The Bertz CT molecular complexity index is 192. The van der Waals surface area contributed by atoms with Crippen LogP contribution in [-0.2, 0) is 0 Å². The second-order valence-electron chi connectivity index (χ2n) is 3.68. The average molecular weight is 183 g/mol. The third kappa shape index (κ3) is 3.87. The van der Waals surface area contributed by atoms with Crippen molar-refractivity contribution in [3.8, 4) is 0 Å². The average Bonchev–Trinajstić information content (AvgIpc) is 1.97. The minimum Gasteiger partial charge on any atom is -0.378 e. The van der Waals surface area contributed by atoms with Gasteiger partial charge in [-0.2, -0.15) is 0 Å². The molecule has 3 heteroatoms. The van der Waals surface area contributed by atoms with Crippen LogP contribution in [0.1, 0.15) is 0 Å². The summed E-state index contributed by atoms with van der Waals surface area (Å²) in [5, 5.41) is 0. The molecule has 0 N–H and O–H groups in total. The molecule has 0 aliphatic rings. The van der Waals surface area contributed by atoms with Gasteiger partial charge in [-0.25, -0.2) is 0 Å². The van der Waals surface area contributed by atoms with Crippen molar-refractivity contribution in [1.82, 2.24) is 14.7 Å². The van der Waals surface area contributed by atoms with Gasteiger partial charge in [-0.05, 0) is 0 Å². The molecule has 0 aromatic carbocycles. The molecule has 0 aliphatic heterocycles. The van der Waals surface area contributed by atoms with Crippen molar-refractivity contribution in [2.45, 2.75) is 0 Å². The molecule has 3 nitrogen and oxygen atoms in total. The Morgan fingerprint density at radius 3 is 1.46 bits per heavy atom. The Balaban J connectivity index is 4.64. The van der Waals surface area contributed by atoms with Crippen LogP contribution in [0.4, 0.5) is 0 Å². The Morgan fingerprint density at radius 2 is 1.23 bits per heavy atom. The summed E-state index contributed by atoms with van der Waals surface area (Å²) < 4.78 is 0. The van der Waals surface area contributed by atoms with E-state index in [9.17, 15) is 0 Å². The van der Waals surface area contributed by atoms with Gasteiger partial charge in [0.2, 0.25) is 0 Å². The summed E-state index contributed by atoms with van der Waals surface area (Å²) in [6, 6.07) is 0. The van der Waals surface area contributed by atoms with Gasteiger partial charge in [-0.15, -0.1) is 0 Å². The van der Waals surface area contributed by atoms with E-state index in [1.165, 1.54) is 0 Å². The second kappa shape index (κ2) is 4.80. The van der Waals surface area contributed by atoms with E-state index in [0.29, 0.717) is 0 Å². The first-order chi connectivity index (χ1) is 5.86. The van der Waals surface area contributed by atoms with E-state index in [1.807, 2.05) is 47.2 Å². The summed E-state index contributed by atoms with van der Waals surface area (Å²) in [5.41, 5.74) is 0.998. The van der Waals surface area contributed by atoms with Crippen LogP contribution in [0.25, 0.3) is 0 Å². The Morgan fingerprint density at radius 1 is 0.846 bits per heavy atom. The molecule has 0 bridgehead atoms. The van der Waals surface area contributed by atoms with Gasteiger partial charge < -0.3 is 14.7 Å². The highest BCUT2D eigenvalue weighted by Crippen LogP contribution is 2.07. The number of nitrogens with zero attached hydrogens (tertiary/aromatic N) is 3. The highest BCUT2D eigenvalue weighted by Gasteiger charge is 2.03. The zero-order chi connectivity index (χ0) is 10.6. The fraction of sp³-hybridized carbons (Fsp3) is 0.600. The third-order valence-electron chi connectivity index (χ3n) is 1.79. The lowest BCUT2D eigenvalue weighted by molar-refractivity contribution is 0.340. The van der Waals surface area contributed by atoms with Crippen molar-refractivity contribution in [2.24, 2.45) is 0 Å². The molecular weight excluding hydrogens is 162 g/mol. The molecule has 0 saturated heterocycles. The van der Waals surface area contributed by atoms with Crippen LogP contribution in [-0.4, -0.2) is 57.0 Å². The van der Waals surface area contributed by atoms with Gasteiger partial charge in [0.15, 0.2) is 0 Å². The molecule has 0 fully saturated rings. The standard InChI is InChI=1S/C10H21N3/c1-9(11(2)3)8-10(12(4)5)13(6)7/h8H,1H2,2-7H3. The van der Waals surface area contributed by atoms with E-state index in [0.717, 1.165) is 11.5 Å². The third-order valence-corrected chi connectivity index (χ3v) is 1.79. The van der Waals surface area contributed by atoms with E-state index >= 15 is 0 Å². The maximum atomic E-state index is 3.96. The maximum Gasteiger partial charge on any atom is 0.105 e. The van der Waals surface area contributed by atoms with Gasteiger partial charge in [0.25, 0.3) is 0 Å². The minimum absolute atomic E-state index is 0.998. The zero-order valence-corrected chi connectivity index (χ0v) is 9.63. The molecule has 0 heterocycles. The molecule has 0 spiro atoms. The Labute approximate surface area is 81.9 Å². The van der Waals surface area contributed by atoms with Crippen molar-refractivity contribution >= 4 is 0 Å². The Hall–Kier alpha value is -1.12. The van der Waals surface area contributed by atoms with E-state index < -0.39 is 0 Å². The largest absolute Gasteiger partial charge is 0.378 e. The number of allylic oxidation sites excluding steroid dienone is 1. The fourth-order valence-corrected chi connectivity index (χ4v) is 0.936. The highest BCUT2D eigenvalue weighted by atomic mass is 15.3. The molecule has 76 valence electrons. The van der Waals surface area contributed by atoms with Crippen LogP contribution in [0.3, 0.4) is 0 Å². The first-order valence-electron chi connectivity index (χ1n) is 4.29. The number of rotatable bonds is 4. The summed E-state index contributed by atoms with van der Waals surface area (Å²) in [5.74, 6) is 1.14. The van der Waals surface area contributed by atoms with Gasteiger partial charge in [-0.3, -0.25) is 0 Å². The summed E-state index contributed by atoms with van der Waals surface area (Å²) in [4.78, 5) is 6.12. The molecule has 0 unspecified atom stereocenters. The van der Waals surface area contributed by atoms with E-state index in [1.54, 1.807) is 0 Å². The smallest absolute Gasteiger partial charge is 0.105 e. The second-order valence-corrected chi connectivity index (χ2v) is 3.68. The number of likely N-dealkylation sites (N-methyl/N-ethyl adjacent to an activating group) is 1. The summed E-state index contributed by atoms with van der Waals surface area (Å²) >= 11 is 0. The SMILES string of the molecule is C=C(C=C(N(C)C)N(C)C)N(C)C. The minimum atomic E-state index is 0.998. The van der Waals surface area contributed by atoms with Crippen LogP contribution in [0.15, 0.2) is 24.2 Å². The molecule has 0 aliphatic carbocycles.